The maximum atomic E-state index is 4.37. The van der Waals surface area contributed by atoms with Crippen LogP contribution in [0.1, 0.15) is 25.4 Å². The molecule has 0 amide bonds. The minimum Gasteiger partial charge on any atom is -0.391 e. The van der Waals surface area contributed by atoms with Gasteiger partial charge in [0.2, 0.25) is 0 Å². The van der Waals surface area contributed by atoms with E-state index in [1.165, 1.54) is 0 Å². The first-order valence-corrected chi connectivity index (χ1v) is 5.14. The molecule has 0 saturated carbocycles. The highest BCUT2D eigenvalue weighted by Gasteiger charge is 1.99. The Morgan fingerprint density at radius 3 is 2.93 bits per heavy atom. The van der Waals surface area contributed by atoms with Crippen LogP contribution in [0.5, 0.6) is 0 Å². The molecule has 3 nitrogen and oxygen atoms in total. The van der Waals surface area contributed by atoms with E-state index < -0.39 is 0 Å². The number of hydrogen-bond acceptors (Lipinski definition) is 3. The van der Waals surface area contributed by atoms with Crippen molar-refractivity contribution < 1.29 is 0 Å². The summed E-state index contributed by atoms with van der Waals surface area (Å²) in [6.07, 6.45) is 7.79. The first-order chi connectivity index (χ1) is 7.27. The number of nitrogens with zero attached hydrogens (tertiary/aromatic N) is 2. The van der Waals surface area contributed by atoms with Gasteiger partial charge in [-0.15, -0.1) is 0 Å². The highest BCUT2D eigenvalue weighted by Crippen LogP contribution is 2.11. The number of nitrogens with one attached hydrogen (secondary N) is 1. The van der Waals surface area contributed by atoms with Gasteiger partial charge in [0.15, 0.2) is 0 Å². The molecule has 1 heterocycles. The van der Waals surface area contributed by atoms with Gasteiger partial charge in [-0.3, -0.25) is 0 Å². The zero-order valence-corrected chi connectivity index (χ0v) is 9.49. The summed E-state index contributed by atoms with van der Waals surface area (Å²) in [6.45, 7) is 6.86. The second kappa shape index (κ2) is 5.96. The number of allylic oxidation sites excluding steroid dienone is 3. The van der Waals surface area contributed by atoms with E-state index >= 15 is 0 Å². The molecule has 1 rings (SSSR count). The predicted molar refractivity (Wildman–Crippen MR) is 63.2 cm³/mol. The third kappa shape index (κ3) is 3.54. The number of hydrogen-bond donors (Lipinski definition) is 1. The summed E-state index contributed by atoms with van der Waals surface area (Å²) in [5.41, 5.74) is 2.02. The zero-order chi connectivity index (χ0) is 11.1. The van der Waals surface area contributed by atoms with Crippen molar-refractivity contribution in [2.24, 2.45) is 0 Å². The van der Waals surface area contributed by atoms with Crippen LogP contribution in [-0.4, -0.2) is 16.5 Å². The molecule has 0 aliphatic heterocycles. The maximum absolute atomic E-state index is 4.37. The molecular formula is C12H17N3. The number of rotatable bonds is 4. The average molecular weight is 203 g/mol. The van der Waals surface area contributed by atoms with Crippen molar-refractivity contribution in [2.75, 3.05) is 6.54 Å². The Kier molecular flexibility index (Phi) is 4.54. The minimum absolute atomic E-state index is 0.791. The molecule has 0 saturated heterocycles. The van der Waals surface area contributed by atoms with E-state index in [-0.39, 0.29) is 0 Å². The second-order valence-corrected chi connectivity index (χ2v) is 3.15. The summed E-state index contributed by atoms with van der Waals surface area (Å²) in [5.74, 6) is 0.791. The van der Waals surface area contributed by atoms with Crippen molar-refractivity contribution in [2.45, 2.75) is 20.8 Å². The van der Waals surface area contributed by atoms with Crippen LogP contribution in [0.2, 0.25) is 0 Å². The van der Waals surface area contributed by atoms with Gasteiger partial charge in [0.05, 0.1) is 5.69 Å². The largest absolute Gasteiger partial charge is 0.391 e. The van der Waals surface area contributed by atoms with Gasteiger partial charge in [-0.2, -0.15) is 0 Å². The lowest BCUT2D eigenvalue weighted by Gasteiger charge is -2.03. The summed E-state index contributed by atoms with van der Waals surface area (Å²) in [6, 6.07) is 1.91. The van der Waals surface area contributed by atoms with Crippen LogP contribution in [-0.2, 0) is 0 Å². The molecule has 1 aromatic heterocycles. The van der Waals surface area contributed by atoms with Crippen molar-refractivity contribution in [1.29, 1.82) is 0 Å². The lowest BCUT2D eigenvalue weighted by molar-refractivity contribution is 0.919. The van der Waals surface area contributed by atoms with Crippen molar-refractivity contribution >= 4 is 5.57 Å². The Balaban J connectivity index is 2.98. The molecule has 0 aromatic carbocycles. The topological polar surface area (TPSA) is 37.8 Å². The van der Waals surface area contributed by atoms with E-state index in [1.54, 1.807) is 6.20 Å². The van der Waals surface area contributed by atoms with Gasteiger partial charge in [-0.25, -0.2) is 9.97 Å². The van der Waals surface area contributed by atoms with Gasteiger partial charge < -0.3 is 5.32 Å². The smallest absolute Gasteiger partial charge is 0.125 e. The van der Waals surface area contributed by atoms with Crippen LogP contribution in [0.25, 0.3) is 5.57 Å². The standard InChI is InChI=1S/C12H17N3/c1-4-6-11(9-13-5-2)12-7-8-14-10(3)15-12/h4,6-9,13H,5H2,1-3H3/b6-4-,11-9+. The Morgan fingerprint density at radius 2 is 2.33 bits per heavy atom. The molecule has 80 valence electrons. The van der Waals surface area contributed by atoms with Gasteiger partial charge in [-0.1, -0.05) is 12.2 Å². The summed E-state index contributed by atoms with van der Waals surface area (Å²) in [7, 11) is 0. The van der Waals surface area contributed by atoms with E-state index in [1.807, 2.05) is 38.3 Å². The number of aromatic nitrogens is 2. The fourth-order valence-corrected chi connectivity index (χ4v) is 1.22. The summed E-state index contributed by atoms with van der Waals surface area (Å²) >= 11 is 0. The van der Waals surface area contributed by atoms with E-state index in [0.29, 0.717) is 0 Å². The zero-order valence-electron chi connectivity index (χ0n) is 9.49. The van der Waals surface area contributed by atoms with E-state index in [9.17, 15) is 0 Å². The molecule has 1 N–H and O–H groups in total. The third-order valence-electron chi connectivity index (χ3n) is 1.88. The highest BCUT2D eigenvalue weighted by atomic mass is 14.9. The van der Waals surface area contributed by atoms with Crippen LogP contribution in [0.15, 0.2) is 30.6 Å². The van der Waals surface area contributed by atoms with E-state index in [4.69, 9.17) is 0 Å². The van der Waals surface area contributed by atoms with Crippen molar-refractivity contribution in [3.8, 4) is 0 Å². The molecular weight excluding hydrogens is 186 g/mol. The molecule has 0 atom stereocenters. The van der Waals surface area contributed by atoms with Gasteiger partial charge in [-0.05, 0) is 26.8 Å². The molecule has 0 aliphatic rings. The number of aryl methyl sites for hydroxylation is 1. The Morgan fingerprint density at radius 1 is 1.53 bits per heavy atom. The Hall–Kier alpha value is -1.64. The van der Waals surface area contributed by atoms with Crippen molar-refractivity contribution in [3.05, 3.63) is 42.1 Å². The highest BCUT2D eigenvalue weighted by molar-refractivity contribution is 5.71. The Labute approximate surface area is 91.0 Å². The van der Waals surface area contributed by atoms with Crippen LogP contribution < -0.4 is 5.32 Å². The molecule has 0 aliphatic carbocycles. The molecule has 0 radical (unpaired) electrons. The first kappa shape index (κ1) is 11.4. The van der Waals surface area contributed by atoms with E-state index in [2.05, 4.69) is 22.2 Å². The van der Waals surface area contributed by atoms with Crippen LogP contribution >= 0.6 is 0 Å². The predicted octanol–water partition coefficient (Wildman–Crippen LogP) is 2.31. The molecule has 1 aromatic rings. The van der Waals surface area contributed by atoms with Crippen LogP contribution in [0.3, 0.4) is 0 Å². The monoisotopic (exact) mass is 203 g/mol. The lowest BCUT2D eigenvalue weighted by Crippen LogP contribution is -2.04. The lowest BCUT2D eigenvalue weighted by atomic mass is 10.2. The summed E-state index contributed by atoms with van der Waals surface area (Å²) in [5, 5.41) is 3.18. The van der Waals surface area contributed by atoms with Crippen LogP contribution in [0, 0.1) is 6.92 Å². The molecule has 0 spiro atoms. The normalized spacial score (nSPS) is 12.1. The second-order valence-electron chi connectivity index (χ2n) is 3.15. The van der Waals surface area contributed by atoms with Crippen molar-refractivity contribution in [1.82, 2.24) is 15.3 Å². The van der Waals surface area contributed by atoms with Crippen molar-refractivity contribution in [3.63, 3.8) is 0 Å². The first-order valence-electron chi connectivity index (χ1n) is 5.14. The maximum Gasteiger partial charge on any atom is 0.125 e. The van der Waals surface area contributed by atoms with Gasteiger partial charge >= 0.3 is 0 Å². The molecule has 0 unspecified atom stereocenters. The minimum atomic E-state index is 0.791. The third-order valence-corrected chi connectivity index (χ3v) is 1.88. The molecule has 15 heavy (non-hydrogen) atoms. The van der Waals surface area contributed by atoms with Gasteiger partial charge in [0, 0.05) is 24.5 Å². The summed E-state index contributed by atoms with van der Waals surface area (Å²) in [4.78, 5) is 8.45. The average Bonchev–Trinajstić information content (AvgIpc) is 2.24. The van der Waals surface area contributed by atoms with Gasteiger partial charge in [0.25, 0.3) is 0 Å². The van der Waals surface area contributed by atoms with E-state index in [0.717, 1.165) is 23.6 Å². The molecule has 3 heteroatoms. The van der Waals surface area contributed by atoms with Crippen LogP contribution in [0.4, 0.5) is 0 Å². The molecule has 0 bridgehead atoms. The summed E-state index contributed by atoms with van der Waals surface area (Å²) < 4.78 is 0. The molecule has 0 fully saturated rings. The SMILES string of the molecule is C/C=C\C(=C/NCC)c1ccnc(C)n1. The fraction of sp³-hybridized carbons (Fsp3) is 0.333. The van der Waals surface area contributed by atoms with Gasteiger partial charge in [0.1, 0.15) is 5.82 Å². The Bertz CT molecular complexity index is 367. The quantitative estimate of drug-likeness (QED) is 0.763. The fourth-order valence-electron chi connectivity index (χ4n) is 1.22.